The topological polar surface area (TPSA) is 98.7 Å². The Labute approximate surface area is 127 Å². The van der Waals surface area contributed by atoms with Crippen molar-refractivity contribution in [2.24, 2.45) is 11.7 Å². The number of amides is 1. The fraction of sp³-hybridized carbons (Fsp3) is 0.500. The summed E-state index contributed by atoms with van der Waals surface area (Å²) in [6.07, 6.45) is 1.34. The van der Waals surface area contributed by atoms with Crippen molar-refractivity contribution >= 4 is 17.3 Å². The molecule has 1 aliphatic heterocycles. The van der Waals surface area contributed by atoms with E-state index in [-0.39, 0.29) is 29.9 Å². The average molecular weight is 311 g/mol. The van der Waals surface area contributed by atoms with E-state index in [1.807, 2.05) is 6.92 Å². The van der Waals surface area contributed by atoms with Gasteiger partial charge in [0.05, 0.1) is 29.7 Å². The highest BCUT2D eigenvalue weighted by molar-refractivity contribution is 5.78. The van der Waals surface area contributed by atoms with Gasteiger partial charge in [0.2, 0.25) is 5.91 Å². The number of carbonyl (C=O) groups excluding carboxylic acids is 1. The number of nitrogens with two attached hydrogens (primary N) is 1. The lowest BCUT2D eigenvalue weighted by Gasteiger charge is -2.38. The summed E-state index contributed by atoms with van der Waals surface area (Å²) in [5.74, 6) is -1.53. The second-order valence-corrected chi connectivity index (χ2v) is 5.41. The molecule has 1 amide bonds. The van der Waals surface area contributed by atoms with E-state index in [2.05, 4.69) is 0 Å². The number of nitro benzene ring substituents is 1. The molecule has 0 bridgehead atoms. The van der Waals surface area contributed by atoms with E-state index in [9.17, 15) is 19.3 Å². The summed E-state index contributed by atoms with van der Waals surface area (Å²) in [4.78, 5) is 23.3. The van der Waals surface area contributed by atoms with Crippen LogP contribution < -0.4 is 15.4 Å². The summed E-state index contributed by atoms with van der Waals surface area (Å²) < 4.78 is 19.3. The number of hydrogen-bond acceptors (Lipinski definition) is 5. The van der Waals surface area contributed by atoms with Gasteiger partial charge in [-0.1, -0.05) is 0 Å². The van der Waals surface area contributed by atoms with Gasteiger partial charge in [-0.05, 0) is 19.8 Å². The van der Waals surface area contributed by atoms with Crippen molar-refractivity contribution in [2.45, 2.75) is 25.8 Å². The van der Waals surface area contributed by atoms with Gasteiger partial charge in [0.15, 0.2) is 11.6 Å². The first kappa shape index (κ1) is 16.0. The molecule has 1 heterocycles. The first-order valence-corrected chi connectivity index (χ1v) is 6.93. The number of primary amides is 1. The first-order chi connectivity index (χ1) is 10.3. The van der Waals surface area contributed by atoms with Crippen molar-refractivity contribution in [1.82, 2.24) is 0 Å². The highest BCUT2D eigenvalue weighted by Crippen LogP contribution is 2.37. The van der Waals surface area contributed by atoms with E-state index < -0.39 is 22.3 Å². The third-order valence-corrected chi connectivity index (χ3v) is 4.04. The molecule has 1 aromatic carbocycles. The largest absolute Gasteiger partial charge is 0.490 e. The molecule has 0 unspecified atom stereocenters. The van der Waals surface area contributed by atoms with Crippen molar-refractivity contribution < 1.29 is 18.8 Å². The normalized spacial score (nSPS) is 21.5. The SMILES string of the molecule is COc1cc(N2C[C@H](C(N)=O)CC[C@@H]2C)c(F)cc1[N+](=O)[O-]. The molecule has 2 atom stereocenters. The molecule has 1 saturated heterocycles. The Balaban J connectivity index is 2.42. The van der Waals surface area contributed by atoms with Crippen LogP contribution in [-0.2, 0) is 4.79 Å². The van der Waals surface area contributed by atoms with Gasteiger partial charge in [-0.2, -0.15) is 0 Å². The van der Waals surface area contributed by atoms with E-state index in [1.54, 1.807) is 4.90 Å². The molecular formula is C14H18FN3O4. The summed E-state index contributed by atoms with van der Waals surface area (Å²) in [6, 6.07) is 2.14. The minimum Gasteiger partial charge on any atom is -0.490 e. The van der Waals surface area contributed by atoms with E-state index in [1.165, 1.54) is 13.2 Å². The predicted octanol–water partition coefficient (Wildman–Crippen LogP) is 1.83. The number of nitrogens with zero attached hydrogens (tertiary/aromatic N) is 2. The molecule has 120 valence electrons. The quantitative estimate of drug-likeness (QED) is 0.675. The Morgan fingerprint density at radius 2 is 2.18 bits per heavy atom. The van der Waals surface area contributed by atoms with Gasteiger partial charge in [-0.15, -0.1) is 0 Å². The van der Waals surface area contributed by atoms with Crippen molar-refractivity contribution in [3.05, 3.63) is 28.1 Å². The highest BCUT2D eigenvalue weighted by atomic mass is 19.1. The Bertz CT molecular complexity index is 608. The second kappa shape index (κ2) is 6.17. The zero-order valence-corrected chi connectivity index (χ0v) is 12.4. The minimum absolute atomic E-state index is 0.00346. The molecule has 0 aliphatic carbocycles. The van der Waals surface area contributed by atoms with Gasteiger partial charge in [0.1, 0.15) is 0 Å². The fourth-order valence-corrected chi connectivity index (χ4v) is 2.73. The number of hydrogen-bond donors (Lipinski definition) is 1. The fourth-order valence-electron chi connectivity index (χ4n) is 2.73. The lowest BCUT2D eigenvalue weighted by atomic mass is 9.92. The summed E-state index contributed by atoms with van der Waals surface area (Å²) in [5, 5.41) is 10.9. The molecule has 0 radical (unpaired) electrons. The molecular weight excluding hydrogens is 293 g/mol. The van der Waals surface area contributed by atoms with E-state index in [4.69, 9.17) is 10.5 Å². The molecule has 1 aliphatic rings. The lowest BCUT2D eigenvalue weighted by Crippen LogP contribution is -2.46. The molecule has 1 aromatic rings. The predicted molar refractivity (Wildman–Crippen MR) is 78.3 cm³/mol. The molecule has 2 N–H and O–H groups in total. The number of anilines is 1. The zero-order valence-electron chi connectivity index (χ0n) is 12.4. The maximum absolute atomic E-state index is 14.3. The van der Waals surface area contributed by atoms with Gasteiger partial charge >= 0.3 is 5.69 Å². The smallest absolute Gasteiger partial charge is 0.313 e. The highest BCUT2D eigenvalue weighted by Gasteiger charge is 2.31. The Morgan fingerprint density at radius 1 is 1.50 bits per heavy atom. The molecule has 7 nitrogen and oxygen atoms in total. The maximum Gasteiger partial charge on any atom is 0.313 e. The van der Waals surface area contributed by atoms with Crippen molar-refractivity contribution in [2.75, 3.05) is 18.6 Å². The molecule has 0 aromatic heterocycles. The van der Waals surface area contributed by atoms with E-state index in [0.29, 0.717) is 12.8 Å². The number of halogens is 1. The first-order valence-electron chi connectivity index (χ1n) is 6.93. The number of piperidine rings is 1. The third kappa shape index (κ3) is 2.95. The maximum atomic E-state index is 14.3. The number of nitro groups is 1. The van der Waals surface area contributed by atoms with Crippen LogP contribution in [0.4, 0.5) is 15.8 Å². The molecule has 22 heavy (non-hydrogen) atoms. The number of methoxy groups -OCH3 is 1. The second-order valence-electron chi connectivity index (χ2n) is 5.41. The Kier molecular flexibility index (Phi) is 4.48. The van der Waals surface area contributed by atoms with Gasteiger partial charge in [0.25, 0.3) is 0 Å². The van der Waals surface area contributed by atoms with Crippen molar-refractivity contribution in [3.63, 3.8) is 0 Å². The van der Waals surface area contributed by atoms with Gasteiger partial charge in [0, 0.05) is 18.7 Å². The summed E-state index contributed by atoms with van der Waals surface area (Å²) in [5.41, 5.74) is 5.09. The van der Waals surface area contributed by atoms with E-state index >= 15 is 0 Å². The molecule has 1 fully saturated rings. The van der Waals surface area contributed by atoms with Crippen molar-refractivity contribution in [3.8, 4) is 5.75 Å². The summed E-state index contributed by atoms with van der Waals surface area (Å²) in [7, 11) is 1.29. The molecule has 8 heteroatoms. The van der Waals surface area contributed by atoms with Crippen LogP contribution in [-0.4, -0.2) is 30.5 Å². The summed E-state index contributed by atoms with van der Waals surface area (Å²) in [6.45, 7) is 2.19. The Morgan fingerprint density at radius 3 is 2.73 bits per heavy atom. The van der Waals surface area contributed by atoms with Crippen LogP contribution in [0, 0.1) is 21.8 Å². The standard InChI is InChI=1S/C14H18FN3O4/c1-8-3-4-9(14(16)19)7-17(8)11-6-13(22-2)12(18(20)21)5-10(11)15/h5-6,8-9H,3-4,7H2,1-2H3,(H2,16,19)/t8-,9+/m0/s1. The van der Waals surface area contributed by atoms with Crippen LogP contribution in [0.2, 0.25) is 0 Å². The van der Waals surface area contributed by atoms with Crippen molar-refractivity contribution in [1.29, 1.82) is 0 Å². The number of carbonyl (C=O) groups is 1. The lowest BCUT2D eigenvalue weighted by molar-refractivity contribution is -0.385. The third-order valence-electron chi connectivity index (χ3n) is 4.04. The van der Waals surface area contributed by atoms with Gasteiger partial charge < -0.3 is 15.4 Å². The molecule has 0 saturated carbocycles. The van der Waals surface area contributed by atoms with Crippen LogP contribution in [0.5, 0.6) is 5.75 Å². The number of ether oxygens (including phenoxy) is 1. The van der Waals surface area contributed by atoms with Gasteiger partial charge in [-0.3, -0.25) is 14.9 Å². The average Bonchev–Trinajstić information content (AvgIpc) is 2.47. The van der Waals surface area contributed by atoms with Crippen LogP contribution in [0.3, 0.4) is 0 Å². The minimum atomic E-state index is -0.718. The molecule has 0 spiro atoms. The monoisotopic (exact) mass is 311 g/mol. The number of benzene rings is 1. The van der Waals surface area contributed by atoms with E-state index in [0.717, 1.165) is 6.07 Å². The zero-order chi connectivity index (χ0) is 16.4. The Hall–Kier alpha value is -2.38. The van der Waals surface area contributed by atoms with Gasteiger partial charge in [-0.25, -0.2) is 4.39 Å². The van der Waals surface area contributed by atoms with Crippen LogP contribution in [0.25, 0.3) is 0 Å². The van der Waals surface area contributed by atoms with Crippen LogP contribution in [0.15, 0.2) is 12.1 Å². The number of rotatable bonds is 4. The molecule has 2 rings (SSSR count). The van der Waals surface area contributed by atoms with Crippen LogP contribution >= 0.6 is 0 Å². The van der Waals surface area contributed by atoms with Crippen LogP contribution in [0.1, 0.15) is 19.8 Å². The summed E-state index contributed by atoms with van der Waals surface area (Å²) >= 11 is 0.